The molecule has 0 amide bonds. The molecule has 0 aliphatic heterocycles. The van der Waals surface area contributed by atoms with Gasteiger partial charge in [0.05, 0.1) is 24.1 Å². The molecule has 1 unspecified atom stereocenters. The predicted molar refractivity (Wildman–Crippen MR) is 141 cm³/mol. The Labute approximate surface area is 209 Å². The van der Waals surface area contributed by atoms with Crippen LogP contribution >= 0.6 is 24.0 Å². The van der Waals surface area contributed by atoms with Crippen molar-refractivity contribution < 1.29 is 13.2 Å². The van der Waals surface area contributed by atoms with Crippen molar-refractivity contribution in [2.24, 2.45) is 10.9 Å². The summed E-state index contributed by atoms with van der Waals surface area (Å²) in [6, 6.07) is 14.9. The van der Waals surface area contributed by atoms with E-state index in [0.29, 0.717) is 31.6 Å². The van der Waals surface area contributed by atoms with Crippen LogP contribution in [0.4, 0.5) is 0 Å². The number of aliphatic imine (C=N–C) groups is 1. The molecule has 0 saturated heterocycles. The summed E-state index contributed by atoms with van der Waals surface area (Å²) in [6.45, 7) is 10.1. The zero-order valence-corrected chi connectivity index (χ0v) is 22.5. The van der Waals surface area contributed by atoms with Crippen molar-refractivity contribution in [2.75, 3.05) is 20.2 Å². The minimum absolute atomic E-state index is 0. The number of guanidine groups is 1. The highest BCUT2D eigenvalue weighted by Crippen LogP contribution is 2.18. The lowest BCUT2D eigenvalue weighted by Crippen LogP contribution is -2.38. The molecule has 2 aromatic carbocycles. The molecule has 0 spiro atoms. The van der Waals surface area contributed by atoms with Crippen LogP contribution in [0.3, 0.4) is 0 Å². The molecule has 9 heteroatoms. The number of halogens is 1. The maximum atomic E-state index is 12.0. The highest BCUT2D eigenvalue weighted by Gasteiger charge is 2.12. The fourth-order valence-corrected chi connectivity index (χ4v) is 3.62. The van der Waals surface area contributed by atoms with Crippen LogP contribution in [-0.2, 0) is 16.6 Å². The van der Waals surface area contributed by atoms with Crippen molar-refractivity contribution in [3.8, 4) is 5.75 Å². The van der Waals surface area contributed by atoms with Gasteiger partial charge in [0.25, 0.3) is 0 Å². The van der Waals surface area contributed by atoms with Crippen molar-refractivity contribution in [1.82, 2.24) is 15.4 Å². The second-order valence-electron chi connectivity index (χ2n) is 7.69. The molecule has 0 fully saturated rings. The first-order chi connectivity index (χ1) is 14.7. The molecule has 32 heavy (non-hydrogen) atoms. The summed E-state index contributed by atoms with van der Waals surface area (Å²) in [5, 5.41) is 6.63. The van der Waals surface area contributed by atoms with E-state index in [9.17, 15) is 8.42 Å². The number of rotatable bonds is 10. The molecule has 0 heterocycles. The van der Waals surface area contributed by atoms with Gasteiger partial charge in [-0.15, -0.1) is 24.0 Å². The summed E-state index contributed by atoms with van der Waals surface area (Å²) in [7, 11) is -2.08. The number of benzene rings is 2. The third kappa shape index (κ3) is 8.95. The zero-order chi connectivity index (χ0) is 22.9. The van der Waals surface area contributed by atoms with Crippen LogP contribution in [0.2, 0.25) is 0 Å². The molecule has 0 saturated carbocycles. The Balaban J connectivity index is 0.00000512. The van der Waals surface area contributed by atoms with Gasteiger partial charge in [-0.05, 0) is 62.2 Å². The van der Waals surface area contributed by atoms with E-state index in [4.69, 9.17) is 4.74 Å². The Morgan fingerprint density at radius 3 is 2.38 bits per heavy atom. The van der Waals surface area contributed by atoms with Crippen LogP contribution in [-0.4, -0.2) is 34.6 Å². The lowest BCUT2D eigenvalue weighted by molar-refractivity contribution is 0.271. The zero-order valence-electron chi connectivity index (χ0n) is 19.4. The largest absolute Gasteiger partial charge is 0.493 e. The van der Waals surface area contributed by atoms with Crippen molar-refractivity contribution in [2.45, 2.75) is 45.2 Å². The Bertz CT molecular complexity index is 963. The van der Waals surface area contributed by atoms with Crippen LogP contribution < -0.4 is 20.1 Å². The fraction of sp³-hybridized carbons (Fsp3) is 0.435. The van der Waals surface area contributed by atoms with E-state index in [2.05, 4.69) is 41.1 Å². The Morgan fingerprint density at radius 1 is 1.09 bits per heavy atom. The number of nitrogens with one attached hydrogen (secondary N) is 3. The average molecular weight is 575 g/mol. The molecule has 0 aliphatic carbocycles. The van der Waals surface area contributed by atoms with E-state index < -0.39 is 10.0 Å². The third-order valence-corrected chi connectivity index (χ3v) is 5.97. The van der Waals surface area contributed by atoms with Gasteiger partial charge in [-0.1, -0.05) is 38.1 Å². The van der Waals surface area contributed by atoms with Gasteiger partial charge in [-0.2, -0.15) is 0 Å². The predicted octanol–water partition coefficient (Wildman–Crippen LogP) is 4.06. The normalized spacial score (nSPS) is 12.8. The molecule has 178 valence electrons. The highest BCUT2D eigenvalue weighted by atomic mass is 127. The standard InChI is InChI=1S/C23H34N4O3S.HI/c1-6-25-23(26-15-19-8-7-9-22(14-19)31(28,29)24-5)27-18(4)20-10-12-21(13-11-20)30-16-17(2)3;/h7-14,17-18,24H,6,15-16H2,1-5H3,(H2,25,26,27);1H. The number of ether oxygens (including phenoxy) is 1. The number of nitrogens with zero attached hydrogens (tertiary/aromatic N) is 1. The van der Waals surface area contributed by atoms with E-state index in [1.165, 1.54) is 7.05 Å². The van der Waals surface area contributed by atoms with Gasteiger partial charge in [0.15, 0.2) is 5.96 Å². The smallest absolute Gasteiger partial charge is 0.240 e. The average Bonchev–Trinajstić information content (AvgIpc) is 2.76. The Morgan fingerprint density at radius 2 is 1.78 bits per heavy atom. The molecule has 7 nitrogen and oxygen atoms in total. The van der Waals surface area contributed by atoms with Crippen molar-refractivity contribution in [3.05, 3.63) is 59.7 Å². The molecule has 0 aromatic heterocycles. The number of sulfonamides is 1. The Kier molecular flexibility index (Phi) is 12.0. The lowest BCUT2D eigenvalue weighted by Gasteiger charge is -2.19. The van der Waals surface area contributed by atoms with E-state index in [-0.39, 0.29) is 34.9 Å². The number of hydrogen-bond acceptors (Lipinski definition) is 4. The second kappa shape index (κ2) is 13.6. The van der Waals surface area contributed by atoms with Gasteiger partial charge in [0, 0.05) is 6.54 Å². The molecule has 2 aromatic rings. The quantitative estimate of drug-likeness (QED) is 0.226. The van der Waals surface area contributed by atoms with Crippen LogP contribution in [0, 0.1) is 5.92 Å². The molecule has 0 radical (unpaired) electrons. The number of hydrogen-bond donors (Lipinski definition) is 3. The van der Waals surface area contributed by atoms with Crippen LogP contribution in [0.5, 0.6) is 5.75 Å². The molecule has 2 rings (SSSR count). The molecular weight excluding hydrogens is 539 g/mol. The van der Waals surface area contributed by atoms with E-state index in [1.807, 2.05) is 37.3 Å². The minimum atomic E-state index is -3.48. The maximum Gasteiger partial charge on any atom is 0.240 e. The molecule has 0 bridgehead atoms. The summed E-state index contributed by atoms with van der Waals surface area (Å²) in [5.74, 6) is 2.01. The molecule has 3 N–H and O–H groups in total. The van der Waals surface area contributed by atoms with Gasteiger partial charge in [0.1, 0.15) is 5.75 Å². The summed E-state index contributed by atoms with van der Waals surface area (Å²) < 4.78 is 32.1. The molecule has 0 aliphatic rings. The van der Waals surface area contributed by atoms with Crippen LogP contribution in [0.25, 0.3) is 0 Å². The van der Waals surface area contributed by atoms with E-state index in [1.54, 1.807) is 18.2 Å². The Hall–Kier alpha value is -1.85. The highest BCUT2D eigenvalue weighted by molar-refractivity contribution is 14.0. The van der Waals surface area contributed by atoms with E-state index >= 15 is 0 Å². The minimum Gasteiger partial charge on any atom is -0.493 e. The van der Waals surface area contributed by atoms with Crippen LogP contribution in [0.1, 0.15) is 44.9 Å². The van der Waals surface area contributed by atoms with E-state index in [0.717, 1.165) is 16.9 Å². The van der Waals surface area contributed by atoms with Gasteiger partial charge >= 0.3 is 0 Å². The SMILES string of the molecule is CCNC(=NCc1cccc(S(=O)(=O)NC)c1)NC(C)c1ccc(OCC(C)C)cc1.I. The third-order valence-electron chi connectivity index (χ3n) is 4.56. The maximum absolute atomic E-state index is 12.0. The van der Waals surface area contributed by atoms with Gasteiger partial charge in [0.2, 0.25) is 10.0 Å². The van der Waals surface area contributed by atoms with Crippen LogP contribution in [0.15, 0.2) is 58.4 Å². The summed E-state index contributed by atoms with van der Waals surface area (Å²) in [5.41, 5.74) is 1.93. The van der Waals surface area contributed by atoms with Gasteiger partial charge < -0.3 is 15.4 Å². The van der Waals surface area contributed by atoms with Gasteiger partial charge in [-0.3, -0.25) is 0 Å². The molecule has 1 atom stereocenters. The van der Waals surface area contributed by atoms with Gasteiger partial charge in [-0.25, -0.2) is 18.1 Å². The fourth-order valence-electron chi connectivity index (χ4n) is 2.82. The lowest BCUT2D eigenvalue weighted by atomic mass is 10.1. The summed E-state index contributed by atoms with van der Waals surface area (Å²) >= 11 is 0. The summed E-state index contributed by atoms with van der Waals surface area (Å²) in [6.07, 6.45) is 0. The first-order valence-electron chi connectivity index (χ1n) is 10.5. The monoisotopic (exact) mass is 574 g/mol. The topological polar surface area (TPSA) is 91.8 Å². The van der Waals surface area contributed by atoms with Crippen molar-refractivity contribution in [3.63, 3.8) is 0 Å². The first kappa shape index (κ1) is 28.2. The van der Waals surface area contributed by atoms with Crippen molar-refractivity contribution in [1.29, 1.82) is 0 Å². The first-order valence-corrected chi connectivity index (χ1v) is 12.0. The second-order valence-corrected chi connectivity index (χ2v) is 9.58. The summed E-state index contributed by atoms with van der Waals surface area (Å²) in [4.78, 5) is 4.85. The molecular formula is C23H35IN4O3S. The van der Waals surface area contributed by atoms with Crippen molar-refractivity contribution >= 4 is 40.0 Å².